The molecule has 6 nitrogen and oxygen atoms in total. The molecule has 1 unspecified atom stereocenters. The summed E-state index contributed by atoms with van der Waals surface area (Å²) >= 11 is 0. The Labute approximate surface area is 147 Å². The van der Waals surface area contributed by atoms with E-state index in [4.69, 9.17) is 0 Å². The van der Waals surface area contributed by atoms with E-state index in [1.807, 2.05) is 47.1 Å². The van der Waals surface area contributed by atoms with Crippen LogP contribution in [0.1, 0.15) is 41.6 Å². The van der Waals surface area contributed by atoms with Gasteiger partial charge in [-0.3, -0.25) is 14.7 Å². The van der Waals surface area contributed by atoms with Gasteiger partial charge in [0.25, 0.3) is 5.91 Å². The zero-order valence-corrected chi connectivity index (χ0v) is 14.5. The summed E-state index contributed by atoms with van der Waals surface area (Å²) in [5.41, 5.74) is 1.63. The summed E-state index contributed by atoms with van der Waals surface area (Å²) in [6.07, 6.45) is 4.72. The number of carbonyl (C=O) groups is 2. The third kappa shape index (κ3) is 3.90. The van der Waals surface area contributed by atoms with Crippen LogP contribution in [0, 0.1) is 0 Å². The molecule has 3 rings (SSSR count). The molecule has 1 atom stereocenters. The first-order valence-corrected chi connectivity index (χ1v) is 8.82. The van der Waals surface area contributed by atoms with Crippen molar-refractivity contribution in [1.29, 1.82) is 0 Å². The molecule has 0 radical (unpaired) electrons. The highest BCUT2D eigenvalue weighted by Crippen LogP contribution is 2.23. The Balaban J connectivity index is 1.66. The first-order valence-electron chi connectivity index (χ1n) is 8.82. The second-order valence-electron chi connectivity index (χ2n) is 6.33. The fraction of sp³-hybridized carbons (Fsp3) is 0.421. The number of aromatic nitrogens is 2. The molecule has 2 amide bonds. The van der Waals surface area contributed by atoms with Crippen molar-refractivity contribution in [1.82, 2.24) is 20.0 Å². The molecule has 1 fully saturated rings. The largest absolute Gasteiger partial charge is 0.340 e. The van der Waals surface area contributed by atoms with Gasteiger partial charge in [0.2, 0.25) is 5.91 Å². The summed E-state index contributed by atoms with van der Waals surface area (Å²) in [7, 11) is 0. The van der Waals surface area contributed by atoms with Gasteiger partial charge in [0.15, 0.2) is 0 Å². The third-order valence-corrected chi connectivity index (χ3v) is 4.75. The van der Waals surface area contributed by atoms with Crippen LogP contribution in [0.15, 0.2) is 42.7 Å². The van der Waals surface area contributed by atoms with Crippen LogP contribution in [0.3, 0.4) is 0 Å². The van der Waals surface area contributed by atoms with Crippen molar-refractivity contribution in [2.24, 2.45) is 0 Å². The third-order valence-electron chi connectivity index (χ3n) is 4.75. The Kier molecular flexibility index (Phi) is 5.48. The zero-order valence-electron chi connectivity index (χ0n) is 14.5. The van der Waals surface area contributed by atoms with Crippen LogP contribution < -0.4 is 0 Å². The highest BCUT2D eigenvalue weighted by atomic mass is 16.2. The molecular formula is C19H24N4O2. The fourth-order valence-corrected chi connectivity index (χ4v) is 3.35. The Morgan fingerprint density at radius 1 is 1.12 bits per heavy atom. The molecule has 1 aromatic heterocycles. The van der Waals surface area contributed by atoms with Gasteiger partial charge in [-0.2, -0.15) is 5.10 Å². The van der Waals surface area contributed by atoms with Crippen molar-refractivity contribution in [2.75, 3.05) is 26.2 Å². The Bertz CT molecular complexity index is 699. The number of H-pyrrole nitrogens is 1. The van der Waals surface area contributed by atoms with E-state index in [1.165, 1.54) is 0 Å². The first kappa shape index (κ1) is 17.2. The van der Waals surface area contributed by atoms with Crippen LogP contribution in [-0.4, -0.2) is 58.0 Å². The minimum absolute atomic E-state index is 0.0295. The SMILES string of the molecule is CCC(C(=O)N1CCCN(C(=O)c2cn[nH]c2)CC1)c1ccccc1. The van der Waals surface area contributed by atoms with Gasteiger partial charge in [-0.15, -0.1) is 0 Å². The van der Waals surface area contributed by atoms with E-state index < -0.39 is 0 Å². The van der Waals surface area contributed by atoms with Gasteiger partial charge in [-0.25, -0.2) is 0 Å². The molecule has 25 heavy (non-hydrogen) atoms. The average molecular weight is 340 g/mol. The normalized spacial score (nSPS) is 16.4. The summed E-state index contributed by atoms with van der Waals surface area (Å²) < 4.78 is 0. The summed E-state index contributed by atoms with van der Waals surface area (Å²) in [4.78, 5) is 29.2. The minimum Gasteiger partial charge on any atom is -0.340 e. The van der Waals surface area contributed by atoms with Gasteiger partial charge >= 0.3 is 0 Å². The van der Waals surface area contributed by atoms with Crippen molar-refractivity contribution >= 4 is 11.8 Å². The monoisotopic (exact) mass is 340 g/mol. The number of hydrogen-bond acceptors (Lipinski definition) is 3. The molecule has 1 saturated heterocycles. The molecule has 2 heterocycles. The second kappa shape index (κ2) is 7.96. The van der Waals surface area contributed by atoms with E-state index >= 15 is 0 Å². The van der Waals surface area contributed by atoms with Crippen molar-refractivity contribution in [3.8, 4) is 0 Å². The number of nitrogens with one attached hydrogen (secondary N) is 1. The number of nitrogens with zero attached hydrogens (tertiary/aromatic N) is 3. The van der Waals surface area contributed by atoms with Gasteiger partial charge in [-0.1, -0.05) is 37.3 Å². The molecule has 2 aromatic rings. The zero-order chi connectivity index (χ0) is 17.6. The molecule has 0 saturated carbocycles. The van der Waals surface area contributed by atoms with Crippen LogP contribution in [0.2, 0.25) is 0 Å². The van der Waals surface area contributed by atoms with Crippen LogP contribution in [-0.2, 0) is 4.79 Å². The van der Waals surface area contributed by atoms with E-state index in [0.717, 1.165) is 18.4 Å². The predicted molar refractivity (Wildman–Crippen MR) is 95.2 cm³/mol. The van der Waals surface area contributed by atoms with E-state index in [1.54, 1.807) is 12.4 Å². The highest BCUT2D eigenvalue weighted by Gasteiger charge is 2.27. The predicted octanol–water partition coefficient (Wildman–Crippen LogP) is 2.28. The maximum atomic E-state index is 13.0. The summed E-state index contributed by atoms with van der Waals surface area (Å²) in [6.45, 7) is 4.53. The number of hydrogen-bond donors (Lipinski definition) is 1. The molecule has 0 bridgehead atoms. The van der Waals surface area contributed by atoms with Gasteiger partial charge < -0.3 is 9.80 Å². The average Bonchev–Trinajstić information content (AvgIpc) is 3.07. The van der Waals surface area contributed by atoms with E-state index in [0.29, 0.717) is 31.7 Å². The lowest BCUT2D eigenvalue weighted by Crippen LogP contribution is -2.39. The molecule has 1 aliphatic heterocycles. The Morgan fingerprint density at radius 2 is 1.84 bits per heavy atom. The molecular weight excluding hydrogens is 316 g/mol. The smallest absolute Gasteiger partial charge is 0.257 e. The van der Waals surface area contributed by atoms with Gasteiger partial charge in [0.1, 0.15) is 0 Å². The first-order chi connectivity index (χ1) is 12.2. The van der Waals surface area contributed by atoms with Crippen molar-refractivity contribution in [3.63, 3.8) is 0 Å². The fourth-order valence-electron chi connectivity index (χ4n) is 3.35. The van der Waals surface area contributed by atoms with Crippen molar-refractivity contribution in [2.45, 2.75) is 25.7 Å². The topological polar surface area (TPSA) is 69.3 Å². The highest BCUT2D eigenvalue weighted by molar-refractivity contribution is 5.93. The summed E-state index contributed by atoms with van der Waals surface area (Å²) in [5.74, 6) is 0.0155. The van der Waals surface area contributed by atoms with Crippen molar-refractivity contribution in [3.05, 3.63) is 53.9 Å². The maximum Gasteiger partial charge on any atom is 0.257 e. The Morgan fingerprint density at radius 3 is 2.52 bits per heavy atom. The second-order valence-corrected chi connectivity index (χ2v) is 6.33. The number of aromatic amines is 1. The number of rotatable bonds is 4. The molecule has 132 valence electrons. The minimum atomic E-state index is -0.114. The lowest BCUT2D eigenvalue weighted by atomic mass is 9.95. The summed E-state index contributed by atoms with van der Waals surface area (Å²) in [5, 5.41) is 6.51. The number of carbonyl (C=O) groups excluding carboxylic acids is 2. The van der Waals surface area contributed by atoms with Crippen LogP contribution in [0.25, 0.3) is 0 Å². The number of benzene rings is 1. The molecule has 1 aromatic carbocycles. The quantitative estimate of drug-likeness (QED) is 0.928. The van der Waals surface area contributed by atoms with E-state index in [-0.39, 0.29) is 17.7 Å². The Hall–Kier alpha value is -2.63. The maximum absolute atomic E-state index is 13.0. The lowest BCUT2D eigenvalue weighted by molar-refractivity contribution is -0.132. The van der Waals surface area contributed by atoms with Gasteiger partial charge in [0.05, 0.1) is 17.7 Å². The molecule has 0 aliphatic carbocycles. The molecule has 1 aliphatic rings. The molecule has 6 heteroatoms. The van der Waals surface area contributed by atoms with Crippen LogP contribution >= 0.6 is 0 Å². The summed E-state index contributed by atoms with van der Waals surface area (Å²) in [6, 6.07) is 9.93. The van der Waals surface area contributed by atoms with E-state index in [2.05, 4.69) is 10.2 Å². The van der Waals surface area contributed by atoms with Crippen LogP contribution in [0.4, 0.5) is 0 Å². The molecule has 1 N–H and O–H groups in total. The lowest BCUT2D eigenvalue weighted by Gasteiger charge is -2.26. The van der Waals surface area contributed by atoms with E-state index in [9.17, 15) is 9.59 Å². The number of amides is 2. The van der Waals surface area contributed by atoms with Crippen molar-refractivity contribution < 1.29 is 9.59 Å². The van der Waals surface area contributed by atoms with Crippen LogP contribution in [0.5, 0.6) is 0 Å². The van der Waals surface area contributed by atoms with Gasteiger partial charge in [0, 0.05) is 32.4 Å². The standard InChI is InChI=1S/C19H24N4O2/c1-2-17(15-7-4-3-5-8-15)19(25)23-10-6-9-22(11-12-23)18(24)16-13-20-21-14-16/h3-5,7-8,13-14,17H,2,6,9-12H2,1H3,(H,20,21). The van der Waals surface area contributed by atoms with Gasteiger partial charge in [-0.05, 0) is 18.4 Å². The molecule has 0 spiro atoms.